The summed E-state index contributed by atoms with van der Waals surface area (Å²) in [5.74, 6) is -1.36. The number of hydrogen-bond donors (Lipinski definition) is 2. The maximum absolute atomic E-state index is 13.5. The molecule has 4 nitrogen and oxygen atoms in total. The van der Waals surface area contributed by atoms with E-state index in [0.717, 1.165) is 17.7 Å². The van der Waals surface area contributed by atoms with Gasteiger partial charge in [0.25, 0.3) is 0 Å². The number of carbonyl (C=O) groups is 1. The van der Waals surface area contributed by atoms with Gasteiger partial charge in [-0.05, 0) is 38.2 Å². The monoisotopic (exact) mass is 526 g/mol. The normalized spacial score (nSPS) is 10.4. The number of benzene rings is 1. The number of halogens is 2. The van der Waals surface area contributed by atoms with Crippen molar-refractivity contribution in [3.05, 3.63) is 65.6 Å². The van der Waals surface area contributed by atoms with Crippen molar-refractivity contribution in [2.45, 2.75) is 20.4 Å². The van der Waals surface area contributed by atoms with E-state index >= 15 is 0 Å². The second-order valence-electron chi connectivity index (χ2n) is 5.02. The zero-order valence-corrected chi connectivity index (χ0v) is 16.5. The summed E-state index contributed by atoms with van der Waals surface area (Å²) in [6, 6.07) is 8.08. The quantitative estimate of drug-likeness (QED) is 0.364. The van der Waals surface area contributed by atoms with Crippen molar-refractivity contribution < 1.29 is 38.8 Å². The van der Waals surface area contributed by atoms with E-state index in [0.29, 0.717) is 12.2 Å². The number of hydrogen-bond acceptors (Lipinski definition) is 4. The Labute approximate surface area is 159 Å². The van der Waals surface area contributed by atoms with Gasteiger partial charge >= 0.3 is 0 Å². The van der Waals surface area contributed by atoms with Gasteiger partial charge < -0.3 is 15.4 Å². The van der Waals surface area contributed by atoms with Gasteiger partial charge in [0.1, 0.15) is 0 Å². The Kier molecular flexibility index (Phi) is 10.7. The maximum Gasteiger partial charge on any atom is 0.155 e. The van der Waals surface area contributed by atoms with Gasteiger partial charge in [0.15, 0.2) is 5.78 Å². The first-order valence-corrected chi connectivity index (χ1v) is 7.18. The minimum Gasteiger partial charge on any atom is -0.512 e. The molecule has 0 bridgehead atoms. The second kappa shape index (κ2) is 11.6. The molecule has 0 fully saturated rings. The van der Waals surface area contributed by atoms with E-state index < -0.39 is 11.6 Å². The van der Waals surface area contributed by atoms with Crippen LogP contribution in [0.1, 0.15) is 19.4 Å². The van der Waals surface area contributed by atoms with E-state index in [4.69, 9.17) is 5.11 Å². The van der Waals surface area contributed by atoms with Gasteiger partial charge in [0, 0.05) is 50.6 Å². The Morgan fingerprint density at radius 3 is 2.52 bits per heavy atom. The fraction of sp³-hybridized carbons (Fsp3) is 0.222. The van der Waals surface area contributed by atoms with Crippen LogP contribution in [0.5, 0.6) is 0 Å². The minimum absolute atomic E-state index is 0. The molecule has 1 radical (unpaired) electrons. The fourth-order valence-electron chi connectivity index (χ4n) is 1.86. The summed E-state index contributed by atoms with van der Waals surface area (Å²) in [6.45, 7) is 3.51. The smallest absolute Gasteiger partial charge is 0.155 e. The average molecular weight is 526 g/mol. The molecule has 137 valence electrons. The van der Waals surface area contributed by atoms with Gasteiger partial charge in [-0.1, -0.05) is 17.7 Å². The van der Waals surface area contributed by atoms with E-state index in [-0.39, 0.29) is 37.2 Å². The van der Waals surface area contributed by atoms with Gasteiger partial charge in [-0.25, -0.2) is 0 Å². The number of nitrogens with zero attached hydrogens (tertiary/aromatic N) is 1. The molecule has 2 aromatic rings. The summed E-state index contributed by atoms with van der Waals surface area (Å²) in [7, 11) is 1.82. The fourth-order valence-corrected chi connectivity index (χ4v) is 1.86. The van der Waals surface area contributed by atoms with Crippen LogP contribution >= 0.6 is 0 Å². The Balaban J connectivity index is 0.000000620. The van der Waals surface area contributed by atoms with Crippen molar-refractivity contribution in [2.75, 3.05) is 7.05 Å². The van der Waals surface area contributed by atoms with Gasteiger partial charge in [-0.2, -0.15) is 0 Å². The number of nitrogens with one attached hydrogen (secondary N) is 1. The predicted molar refractivity (Wildman–Crippen MR) is 88.3 cm³/mol. The summed E-state index contributed by atoms with van der Waals surface area (Å²) < 4.78 is 26.3. The van der Waals surface area contributed by atoms with Crippen LogP contribution in [0.2, 0.25) is 0 Å². The van der Waals surface area contributed by atoms with Gasteiger partial charge in [0.2, 0.25) is 0 Å². The largest absolute Gasteiger partial charge is 0.512 e. The number of carbonyl (C=O) groups excluding carboxylic acids is 1. The molecule has 0 unspecified atom stereocenters. The molecule has 2 N–H and O–H groups in total. The number of aromatic nitrogens is 1. The standard InChI is InChI=1S/C13H11F2N2.C5H8O2.Ir/c1-16-8-9-4-5-17-13(6-9)11-3-2-10(14)7-12(11)15;1-4(6)3-5(2)7;/h2,4-7,16H,8H2,1H3;3,6H,1-2H3;/q-1;;/b;4-3-;. The number of allylic oxidation sites excluding steroid dienone is 2. The molecule has 0 atom stereocenters. The van der Waals surface area contributed by atoms with Crippen molar-refractivity contribution >= 4 is 5.78 Å². The molecule has 1 aromatic carbocycles. The minimum atomic E-state index is -0.654. The number of rotatable bonds is 4. The maximum atomic E-state index is 13.5. The molecule has 0 saturated heterocycles. The Morgan fingerprint density at radius 2 is 2.04 bits per heavy atom. The van der Waals surface area contributed by atoms with Crippen LogP contribution < -0.4 is 5.32 Å². The molecule has 25 heavy (non-hydrogen) atoms. The van der Waals surface area contributed by atoms with Gasteiger partial charge in [0.05, 0.1) is 5.76 Å². The van der Waals surface area contributed by atoms with Crippen molar-refractivity contribution in [2.24, 2.45) is 0 Å². The third-order valence-electron chi connectivity index (χ3n) is 2.73. The summed E-state index contributed by atoms with van der Waals surface area (Å²) in [6.07, 6.45) is 2.76. The molecule has 0 aliphatic rings. The van der Waals surface area contributed by atoms with Crippen LogP contribution in [0.3, 0.4) is 0 Å². The second-order valence-corrected chi connectivity index (χ2v) is 5.02. The van der Waals surface area contributed by atoms with Crippen LogP contribution in [0.15, 0.2) is 42.3 Å². The summed E-state index contributed by atoms with van der Waals surface area (Å²) in [5, 5.41) is 11.4. The van der Waals surface area contributed by atoms with Crippen LogP contribution in [0, 0.1) is 17.7 Å². The number of aliphatic hydroxyl groups is 1. The predicted octanol–water partition coefficient (Wildman–Crippen LogP) is 3.58. The topological polar surface area (TPSA) is 62.2 Å². The molecule has 2 rings (SSSR count). The molecule has 0 spiro atoms. The molecule has 1 heterocycles. The molecule has 0 amide bonds. The van der Waals surface area contributed by atoms with Crippen LogP contribution in [-0.2, 0) is 31.4 Å². The average Bonchev–Trinajstić information content (AvgIpc) is 2.47. The van der Waals surface area contributed by atoms with E-state index in [2.05, 4.69) is 16.4 Å². The molecule has 0 saturated carbocycles. The zero-order chi connectivity index (χ0) is 18.1. The van der Waals surface area contributed by atoms with E-state index in [9.17, 15) is 13.6 Å². The SMILES string of the molecule is CC(=O)/C=C(/C)O.CNCc1ccnc(-c2[c-]cc(F)cc2F)c1.[Ir]. The molecule has 0 aliphatic heterocycles. The number of ketones is 1. The van der Waals surface area contributed by atoms with E-state index in [1.54, 1.807) is 12.3 Å². The van der Waals surface area contributed by atoms with Crippen molar-refractivity contribution in [1.82, 2.24) is 10.3 Å². The first-order chi connectivity index (χ1) is 11.3. The summed E-state index contributed by atoms with van der Waals surface area (Å²) in [5.41, 5.74) is 1.62. The Hall–Kier alpha value is -1.95. The Morgan fingerprint density at radius 1 is 1.36 bits per heavy atom. The molecule has 0 aliphatic carbocycles. The first kappa shape index (κ1) is 23.0. The zero-order valence-electron chi connectivity index (χ0n) is 14.1. The molecular weight excluding hydrogens is 506 g/mol. The van der Waals surface area contributed by atoms with Gasteiger partial charge in [-0.15, -0.1) is 12.1 Å². The Bertz CT molecular complexity index is 733. The third kappa shape index (κ3) is 8.63. The molecule has 7 heteroatoms. The molecular formula is C18H19F2IrN2O2-. The number of aliphatic hydroxyl groups excluding tert-OH is 1. The van der Waals surface area contributed by atoms with Crippen molar-refractivity contribution in [3.8, 4) is 11.3 Å². The van der Waals surface area contributed by atoms with Crippen LogP contribution in [0.4, 0.5) is 8.78 Å². The van der Waals surface area contributed by atoms with Crippen molar-refractivity contribution in [3.63, 3.8) is 0 Å². The van der Waals surface area contributed by atoms with Crippen LogP contribution in [-0.4, -0.2) is 22.9 Å². The van der Waals surface area contributed by atoms with Gasteiger partial charge in [-0.3, -0.25) is 13.6 Å². The number of pyridine rings is 1. The van der Waals surface area contributed by atoms with E-state index in [1.807, 2.05) is 13.1 Å². The molecule has 1 aromatic heterocycles. The third-order valence-corrected chi connectivity index (χ3v) is 2.73. The van der Waals surface area contributed by atoms with Crippen molar-refractivity contribution in [1.29, 1.82) is 0 Å². The summed E-state index contributed by atoms with van der Waals surface area (Å²) in [4.78, 5) is 14.1. The summed E-state index contributed by atoms with van der Waals surface area (Å²) >= 11 is 0. The van der Waals surface area contributed by atoms with Crippen LogP contribution in [0.25, 0.3) is 11.3 Å². The first-order valence-electron chi connectivity index (χ1n) is 7.18. The van der Waals surface area contributed by atoms with E-state index in [1.165, 1.54) is 19.9 Å².